The summed E-state index contributed by atoms with van der Waals surface area (Å²) in [6, 6.07) is 10.8. The van der Waals surface area contributed by atoms with Gasteiger partial charge in [-0.15, -0.1) is 0 Å². The van der Waals surface area contributed by atoms with E-state index in [0.717, 1.165) is 12.5 Å². The van der Waals surface area contributed by atoms with E-state index in [-0.39, 0.29) is 27.6 Å². The number of hydrogen-bond donors (Lipinski definition) is 2. The predicted molar refractivity (Wildman–Crippen MR) is 121 cm³/mol. The Morgan fingerprint density at radius 2 is 1.91 bits per heavy atom. The number of benzene rings is 1. The van der Waals surface area contributed by atoms with Crippen molar-refractivity contribution in [3.63, 3.8) is 0 Å². The third-order valence-electron chi connectivity index (χ3n) is 5.01. The van der Waals surface area contributed by atoms with Crippen molar-refractivity contribution in [2.45, 2.75) is 17.9 Å². The number of nitrogens with zero attached hydrogens (tertiary/aromatic N) is 5. The third kappa shape index (κ3) is 4.28. The molecule has 0 spiro atoms. The molecule has 33 heavy (non-hydrogen) atoms. The van der Waals surface area contributed by atoms with Crippen molar-refractivity contribution in [2.24, 2.45) is 0 Å². The largest absolute Gasteiger partial charge is 0.382 e. The van der Waals surface area contributed by atoms with E-state index in [1.807, 2.05) is 6.07 Å². The number of pyridine rings is 2. The summed E-state index contributed by atoms with van der Waals surface area (Å²) in [6.07, 6.45) is 3.42. The number of hydrogen-bond acceptors (Lipinski definition) is 9. The van der Waals surface area contributed by atoms with Crippen LogP contribution in [-0.4, -0.2) is 34.6 Å². The lowest BCUT2D eigenvalue weighted by Gasteiger charge is -2.20. The zero-order valence-corrected chi connectivity index (χ0v) is 18.4. The Hall–Kier alpha value is -4.17. The van der Waals surface area contributed by atoms with Crippen LogP contribution in [0.4, 0.5) is 16.0 Å². The molecule has 3 N–H and O–H groups in total. The Kier molecular flexibility index (Phi) is 5.61. The smallest absolute Gasteiger partial charge is 0.176 e. The fourth-order valence-corrected chi connectivity index (χ4v) is 4.36. The van der Waals surface area contributed by atoms with Crippen molar-refractivity contribution in [1.82, 2.24) is 19.9 Å². The van der Waals surface area contributed by atoms with E-state index < -0.39 is 21.7 Å². The van der Waals surface area contributed by atoms with Crippen molar-refractivity contribution in [3.05, 3.63) is 65.9 Å². The zero-order chi connectivity index (χ0) is 23.8. The number of fused-ring (bicyclic) bond motifs is 1. The van der Waals surface area contributed by atoms with Crippen molar-refractivity contribution in [3.8, 4) is 17.3 Å². The molecule has 0 radical (unpaired) electrons. The number of nitrogen functional groups attached to an aromatic ring is 1. The second kappa shape index (κ2) is 8.40. The summed E-state index contributed by atoms with van der Waals surface area (Å²) in [4.78, 5) is 16.7. The third-order valence-corrected chi connectivity index (χ3v) is 6.17. The minimum Gasteiger partial charge on any atom is -0.382 e. The molecule has 0 saturated heterocycles. The second-order valence-corrected chi connectivity index (χ2v) is 9.33. The molecule has 1 aromatic carbocycles. The molecule has 0 amide bonds. The van der Waals surface area contributed by atoms with Gasteiger partial charge in [0.05, 0.1) is 33.9 Å². The lowest BCUT2D eigenvalue weighted by atomic mass is 9.99. The molecule has 0 aliphatic carbocycles. The van der Waals surface area contributed by atoms with Gasteiger partial charge in [0.15, 0.2) is 9.84 Å². The van der Waals surface area contributed by atoms with Crippen LogP contribution in [0, 0.1) is 17.1 Å². The molecule has 9 nitrogen and oxygen atoms in total. The van der Waals surface area contributed by atoms with E-state index in [9.17, 15) is 18.1 Å². The summed E-state index contributed by atoms with van der Waals surface area (Å²) in [5, 5.41) is 12.6. The molecular formula is C22H18FN7O2S. The molecule has 0 aliphatic heterocycles. The zero-order valence-electron chi connectivity index (χ0n) is 17.6. The second-order valence-electron chi connectivity index (χ2n) is 7.35. The summed E-state index contributed by atoms with van der Waals surface area (Å²) in [7, 11) is -3.59. The van der Waals surface area contributed by atoms with Gasteiger partial charge in [-0.2, -0.15) is 5.26 Å². The van der Waals surface area contributed by atoms with Gasteiger partial charge in [-0.3, -0.25) is 4.98 Å². The average molecular weight is 463 g/mol. The van der Waals surface area contributed by atoms with E-state index in [0.29, 0.717) is 22.3 Å². The Balaban J connectivity index is 1.95. The van der Waals surface area contributed by atoms with Gasteiger partial charge < -0.3 is 11.1 Å². The summed E-state index contributed by atoms with van der Waals surface area (Å²) >= 11 is 0. The first kappa shape index (κ1) is 22.0. The van der Waals surface area contributed by atoms with Gasteiger partial charge in [-0.05, 0) is 19.1 Å². The molecule has 4 rings (SSSR count). The number of aromatic nitrogens is 4. The SMILES string of the molecule is CC(Nc1ncnc(N)c1C#N)c1cc2ncc(F)cc2nc1-c1ccccc1S(C)(=O)=O. The maximum atomic E-state index is 13.8. The molecule has 0 aliphatic rings. The van der Waals surface area contributed by atoms with Crippen LogP contribution in [0.2, 0.25) is 0 Å². The summed E-state index contributed by atoms with van der Waals surface area (Å²) in [5.74, 6) is -0.322. The van der Waals surface area contributed by atoms with Gasteiger partial charge >= 0.3 is 0 Å². The molecule has 0 fully saturated rings. The number of halogens is 1. The first-order valence-electron chi connectivity index (χ1n) is 9.72. The monoisotopic (exact) mass is 463 g/mol. The molecule has 3 heterocycles. The van der Waals surface area contributed by atoms with E-state index in [4.69, 9.17) is 5.73 Å². The Labute approximate surface area is 189 Å². The normalized spacial score (nSPS) is 12.3. The molecule has 1 atom stereocenters. The highest BCUT2D eigenvalue weighted by Crippen LogP contribution is 2.35. The highest BCUT2D eigenvalue weighted by Gasteiger charge is 2.22. The molecular weight excluding hydrogens is 445 g/mol. The minimum atomic E-state index is -3.59. The minimum absolute atomic E-state index is 0.0265. The maximum absolute atomic E-state index is 13.8. The summed E-state index contributed by atoms with van der Waals surface area (Å²) < 4.78 is 38.8. The predicted octanol–water partition coefficient (Wildman–Crippen LogP) is 3.26. The number of nitriles is 1. The van der Waals surface area contributed by atoms with Gasteiger partial charge in [0.2, 0.25) is 0 Å². The maximum Gasteiger partial charge on any atom is 0.176 e. The van der Waals surface area contributed by atoms with Crippen LogP contribution in [0.25, 0.3) is 22.3 Å². The van der Waals surface area contributed by atoms with Crippen LogP contribution < -0.4 is 11.1 Å². The van der Waals surface area contributed by atoms with Crippen molar-refractivity contribution in [1.29, 1.82) is 5.26 Å². The van der Waals surface area contributed by atoms with E-state index in [1.165, 1.54) is 18.5 Å². The first-order valence-corrected chi connectivity index (χ1v) is 11.6. The van der Waals surface area contributed by atoms with Gasteiger partial charge in [0.1, 0.15) is 35.4 Å². The van der Waals surface area contributed by atoms with Crippen molar-refractivity contribution >= 4 is 32.5 Å². The molecule has 0 saturated carbocycles. The quantitative estimate of drug-likeness (QED) is 0.455. The van der Waals surface area contributed by atoms with Gasteiger partial charge in [0, 0.05) is 23.4 Å². The van der Waals surface area contributed by atoms with E-state index >= 15 is 0 Å². The van der Waals surface area contributed by atoms with Gasteiger partial charge in [-0.1, -0.05) is 18.2 Å². The molecule has 0 bridgehead atoms. The molecule has 1 unspecified atom stereocenters. The number of sulfone groups is 1. The number of rotatable bonds is 5. The van der Waals surface area contributed by atoms with Crippen LogP contribution in [0.3, 0.4) is 0 Å². The Morgan fingerprint density at radius 3 is 2.64 bits per heavy atom. The molecule has 4 aromatic rings. The first-order chi connectivity index (χ1) is 15.7. The number of nitrogens with one attached hydrogen (secondary N) is 1. The summed E-state index contributed by atoms with van der Waals surface area (Å²) in [5.41, 5.74) is 7.81. The standard InChI is InChI=1S/C22H18FN7O2S/c1-12(29-22-16(9-24)21(25)27-11-28-22)15-8-17-18(7-13(23)10-26-17)30-20(15)14-5-3-4-6-19(14)33(2,31)32/h3-8,10-12H,1-2H3,(H3,25,27,28,29). The number of nitrogens with two attached hydrogens (primary N) is 1. The van der Waals surface area contributed by atoms with Crippen LogP contribution >= 0.6 is 0 Å². The molecule has 11 heteroatoms. The fourth-order valence-electron chi connectivity index (χ4n) is 3.47. The van der Waals surface area contributed by atoms with Crippen LogP contribution in [-0.2, 0) is 9.84 Å². The Morgan fingerprint density at radius 1 is 1.15 bits per heavy atom. The van der Waals surface area contributed by atoms with Crippen LogP contribution in [0.15, 0.2) is 53.8 Å². The van der Waals surface area contributed by atoms with Gasteiger partial charge in [0.25, 0.3) is 0 Å². The lowest BCUT2D eigenvalue weighted by Crippen LogP contribution is -2.13. The lowest BCUT2D eigenvalue weighted by molar-refractivity contribution is 0.602. The van der Waals surface area contributed by atoms with E-state index in [2.05, 4.69) is 25.3 Å². The fraction of sp³-hybridized carbons (Fsp3) is 0.136. The highest BCUT2D eigenvalue weighted by atomic mass is 32.2. The number of anilines is 2. The molecule has 3 aromatic heterocycles. The highest BCUT2D eigenvalue weighted by molar-refractivity contribution is 7.90. The van der Waals surface area contributed by atoms with Gasteiger partial charge in [-0.25, -0.2) is 27.8 Å². The summed E-state index contributed by atoms with van der Waals surface area (Å²) in [6.45, 7) is 1.79. The van der Waals surface area contributed by atoms with Crippen LogP contribution in [0.1, 0.15) is 24.1 Å². The average Bonchev–Trinajstić information content (AvgIpc) is 2.77. The topological polar surface area (TPSA) is 148 Å². The van der Waals surface area contributed by atoms with Crippen molar-refractivity contribution < 1.29 is 12.8 Å². The van der Waals surface area contributed by atoms with Crippen LogP contribution in [0.5, 0.6) is 0 Å². The molecule has 166 valence electrons. The van der Waals surface area contributed by atoms with Crippen molar-refractivity contribution in [2.75, 3.05) is 17.3 Å². The Bertz CT molecular complexity index is 1530. The van der Waals surface area contributed by atoms with E-state index in [1.54, 1.807) is 31.2 Å².